The molecule has 0 radical (unpaired) electrons. The van der Waals surface area contributed by atoms with Gasteiger partial charge in [-0.1, -0.05) is 74.7 Å². The lowest BCUT2D eigenvalue weighted by Gasteiger charge is -2.12. The van der Waals surface area contributed by atoms with E-state index >= 15 is 0 Å². The molecule has 0 atom stereocenters. The second kappa shape index (κ2) is 8.53. The van der Waals surface area contributed by atoms with E-state index in [9.17, 15) is 4.79 Å². The normalized spacial score (nSPS) is 10.6. The van der Waals surface area contributed by atoms with Gasteiger partial charge in [0.15, 0.2) is 5.78 Å². The Labute approximate surface area is 134 Å². The molecule has 0 N–H and O–H groups in total. The Bertz CT molecular complexity index is 599. The van der Waals surface area contributed by atoms with Crippen LogP contribution in [0.25, 0.3) is 0 Å². The number of unbranched alkanes of at least 4 members (excludes halogenated alkanes) is 3. The maximum atomic E-state index is 12.5. The zero-order chi connectivity index (χ0) is 15.8. The molecule has 0 aromatic heterocycles. The summed E-state index contributed by atoms with van der Waals surface area (Å²) in [5.74, 6) is 0.213. The minimum atomic E-state index is 0.213. The lowest BCUT2D eigenvalue weighted by Crippen LogP contribution is -2.07. The van der Waals surface area contributed by atoms with Crippen LogP contribution in [-0.2, 0) is 12.8 Å². The van der Waals surface area contributed by atoms with Gasteiger partial charge in [-0.3, -0.25) is 4.79 Å². The zero-order valence-electron chi connectivity index (χ0n) is 13.8. The first-order valence-corrected chi connectivity index (χ1v) is 8.38. The Balaban J connectivity index is 2.10. The Morgan fingerprint density at radius 2 is 1.68 bits per heavy atom. The summed E-state index contributed by atoms with van der Waals surface area (Å²) in [6, 6.07) is 16.0. The summed E-state index contributed by atoms with van der Waals surface area (Å²) >= 11 is 0. The number of carbonyl (C=O) groups excluding carboxylic acids is 1. The number of Topliss-reactive ketones (excluding diaryl/α,β-unsaturated/α-hetero) is 1. The van der Waals surface area contributed by atoms with Crippen LogP contribution in [-0.4, -0.2) is 5.78 Å². The van der Waals surface area contributed by atoms with E-state index in [0.717, 1.165) is 12.0 Å². The van der Waals surface area contributed by atoms with Gasteiger partial charge in [0.2, 0.25) is 0 Å². The van der Waals surface area contributed by atoms with Crippen LogP contribution in [0.4, 0.5) is 0 Å². The molecule has 0 heterocycles. The van der Waals surface area contributed by atoms with Crippen LogP contribution in [0.1, 0.15) is 59.7 Å². The van der Waals surface area contributed by atoms with E-state index in [2.05, 4.69) is 32.0 Å². The quantitative estimate of drug-likeness (QED) is 0.461. The fraction of sp³-hybridized carbons (Fsp3) is 0.381. The van der Waals surface area contributed by atoms with Crippen molar-refractivity contribution in [2.24, 2.45) is 0 Å². The monoisotopic (exact) mass is 294 g/mol. The smallest absolute Gasteiger partial charge is 0.167 e. The van der Waals surface area contributed by atoms with E-state index < -0.39 is 0 Å². The molecule has 1 heteroatoms. The van der Waals surface area contributed by atoms with Crippen molar-refractivity contribution < 1.29 is 4.79 Å². The predicted molar refractivity (Wildman–Crippen MR) is 93.5 cm³/mol. The third kappa shape index (κ3) is 4.56. The lowest BCUT2D eigenvalue weighted by atomic mass is 9.92. The highest BCUT2D eigenvalue weighted by molar-refractivity contribution is 5.97. The molecule has 2 rings (SSSR count). The average Bonchev–Trinajstić information content (AvgIpc) is 2.55. The van der Waals surface area contributed by atoms with Gasteiger partial charge < -0.3 is 0 Å². The van der Waals surface area contributed by atoms with Crippen LogP contribution >= 0.6 is 0 Å². The number of aryl methyl sites for hydroxylation is 2. The number of hydrogen-bond acceptors (Lipinski definition) is 1. The summed E-state index contributed by atoms with van der Waals surface area (Å²) in [7, 11) is 0. The number of ketones is 1. The third-order valence-corrected chi connectivity index (χ3v) is 4.24. The van der Waals surface area contributed by atoms with Crippen LogP contribution in [0.15, 0.2) is 48.5 Å². The molecule has 0 saturated heterocycles. The molecule has 0 spiro atoms. The Morgan fingerprint density at radius 3 is 2.41 bits per heavy atom. The molecule has 0 aliphatic carbocycles. The third-order valence-electron chi connectivity index (χ3n) is 4.24. The van der Waals surface area contributed by atoms with E-state index in [1.807, 2.05) is 30.3 Å². The van der Waals surface area contributed by atoms with Gasteiger partial charge >= 0.3 is 0 Å². The van der Waals surface area contributed by atoms with E-state index in [0.29, 0.717) is 6.42 Å². The fourth-order valence-electron chi connectivity index (χ4n) is 2.88. The van der Waals surface area contributed by atoms with E-state index in [-0.39, 0.29) is 5.78 Å². The minimum Gasteiger partial charge on any atom is -0.294 e. The standard InChI is InChI=1S/C21H26O/c1-3-4-5-7-12-18-15-10-11-17(2)20(18)16-21(22)19-13-8-6-9-14-19/h6,8-11,13-15H,3-5,7,12,16H2,1-2H3. The van der Waals surface area contributed by atoms with Crippen molar-refractivity contribution >= 4 is 5.78 Å². The van der Waals surface area contributed by atoms with Crippen molar-refractivity contribution in [3.05, 3.63) is 70.8 Å². The van der Waals surface area contributed by atoms with Crippen LogP contribution < -0.4 is 0 Å². The molecule has 0 amide bonds. The number of benzene rings is 2. The Morgan fingerprint density at radius 1 is 0.909 bits per heavy atom. The summed E-state index contributed by atoms with van der Waals surface area (Å²) in [5, 5.41) is 0. The second-order valence-electron chi connectivity index (χ2n) is 5.99. The average molecular weight is 294 g/mol. The maximum Gasteiger partial charge on any atom is 0.167 e. The molecule has 0 saturated carbocycles. The summed E-state index contributed by atoms with van der Waals surface area (Å²) in [6.07, 6.45) is 6.64. The largest absolute Gasteiger partial charge is 0.294 e. The Kier molecular flexibility index (Phi) is 6.39. The van der Waals surface area contributed by atoms with E-state index in [1.54, 1.807) is 0 Å². The maximum absolute atomic E-state index is 12.5. The molecule has 1 nitrogen and oxygen atoms in total. The number of rotatable bonds is 8. The molecule has 2 aromatic carbocycles. The first kappa shape index (κ1) is 16.5. The van der Waals surface area contributed by atoms with Crippen LogP contribution in [0.5, 0.6) is 0 Å². The van der Waals surface area contributed by atoms with Crippen LogP contribution in [0, 0.1) is 6.92 Å². The van der Waals surface area contributed by atoms with Gasteiger partial charge in [0.05, 0.1) is 0 Å². The van der Waals surface area contributed by atoms with Crippen molar-refractivity contribution in [3.63, 3.8) is 0 Å². The topological polar surface area (TPSA) is 17.1 Å². The number of carbonyl (C=O) groups is 1. The summed E-state index contributed by atoms with van der Waals surface area (Å²) in [6.45, 7) is 4.35. The Hall–Kier alpha value is -1.89. The van der Waals surface area contributed by atoms with Crippen molar-refractivity contribution in [2.75, 3.05) is 0 Å². The second-order valence-corrected chi connectivity index (χ2v) is 5.99. The highest BCUT2D eigenvalue weighted by Gasteiger charge is 2.12. The van der Waals surface area contributed by atoms with Gasteiger partial charge in [-0.25, -0.2) is 0 Å². The molecule has 0 fully saturated rings. The van der Waals surface area contributed by atoms with Gasteiger partial charge in [-0.15, -0.1) is 0 Å². The predicted octanol–water partition coefficient (Wildman–Crippen LogP) is 5.54. The first-order chi connectivity index (χ1) is 10.7. The van der Waals surface area contributed by atoms with Gasteiger partial charge in [-0.05, 0) is 36.5 Å². The summed E-state index contributed by atoms with van der Waals surface area (Å²) in [5.41, 5.74) is 4.62. The summed E-state index contributed by atoms with van der Waals surface area (Å²) in [4.78, 5) is 12.5. The fourth-order valence-corrected chi connectivity index (χ4v) is 2.88. The minimum absolute atomic E-state index is 0.213. The SMILES string of the molecule is CCCCCCc1cccc(C)c1CC(=O)c1ccccc1. The molecular weight excluding hydrogens is 268 g/mol. The molecule has 0 aliphatic heterocycles. The molecule has 0 unspecified atom stereocenters. The van der Waals surface area contributed by atoms with Gasteiger partial charge in [-0.2, -0.15) is 0 Å². The van der Waals surface area contributed by atoms with Crippen molar-refractivity contribution in [1.29, 1.82) is 0 Å². The number of hydrogen-bond donors (Lipinski definition) is 0. The molecule has 0 aliphatic rings. The summed E-state index contributed by atoms with van der Waals surface area (Å²) < 4.78 is 0. The molecular formula is C21H26O. The van der Waals surface area contributed by atoms with E-state index in [4.69, 9.17) is 0 Å². The van der Waals surface area contributed by atoms with Crippen LogP contribution in [0.2, 0.25) is 0 Å². The highest BCUT2D eigenvalue weighted by Crippen LogP contribution is 2.19. The van der Waals surface area contributed by atoms with Crippen molar-refractivity contribution in [3.8, 4) is 0 Å². The molecule has 22 heavy (non-hydrogen) atoms. The lowest BCUT2D eigenvalue weighted by molar-refractivity contribution is 0.0992. The van der Waals surface area contributed by atoms with Gasteiger partial charge in [0.1, 0.15) is 0 Å². The van der Waals surface area contributed by atoms with Crippen molar-refractivity contribution in [2.45, 2.75) is 52.4 Å². The highest BCUT2D eigenvalue weighted by atomic mass is 16.1. The molecule has 2 aromatic rings. The van der Waals surface area contributed by atoms with Crippen molar-refractivity contribution in [1.82, 2.24) is 0 Å². The molecule has 0 bridgehead atoms. The van der Waals surface area contributed by atoms with Crippen LogP contribution in [0.3, 0.4) is 0 Å². The first-order valence-electron chi connectivity index (χ1n) is 8.38. The molecule has 116 valence electrons. The zero-order valence-corrected chi connectivity index (χ0v) is 13.8. The van der Waals surface area contributed by atoms with E-state index in [1.165, 1.54) is 42.4 Å². The van der Waals surface area contributed by atoms with Gasteiger partial charge in [0.25, 0.3) is 0 Å². The van der Waals surface area contributed by atoms with Gasteiger partial charge in [0, 0.05) is 12.0 Å².